The molecule has 0 fully saturated rings. The normalized spacial score (nSPS) is 12.5. The topological polar surface area (TPSA) is 12.0 Å². The monoisotopic (exact) mass is 177 g/mol. The molecule has 0 bridgehead atoms. The van der Waals surface area contributed by atoms with E-state index in [0.29, 0.717) is 6.04 Å². The summed E-state index contributed by atoms with van der Waals surface area (Å²) in [6, 6.07) is 11.0. The fourth-order valence-corrected chi connectivity index (χ4v) is 1.40. The Morgan fingerprint density at radius 2 is 1.92 bits per heavy atom. The Morgan fingerprint density at radius 1 is 1.23 bits per heavy atom. The second-order valence-corrected chi connectivity index (χ2v) is 3.55. The fourth-order valence-electron chi connectivity index (χ4n) is 1.40. The zero-order chi connectivity index (χ0) is 9.52. The third-order valence-electron chi connectivity index (χ3n) is 2.18. The fraction of sp³-hybridized carbons (Fsp3) is 0.500. The second-order valence-electron chi connectivity index (χ2n) is 3.55. The molecule has 0 heterocycles. The van der Waals surface area contributed by atoms with E-state index in [1.807, 2.05) is 6.07 Å². The van der Waals surface area contributed by atoms with Crippen LogP contribution < -0.4 is 5.32 Å². The van der Waals surface area contributed by atoms with Gasteiger partial charge in [0.15, 0.2) is 0 Å². The lowest BCUT2D eigenvalue weighted by atomic mass is 10.1. The molecular weight excluding hydrogens is 158 g/mol. The third-order valence-corrected chi connectivity index (χ3v) is 2.18. The summed E-state index contributed by atoms with van der Waals surface area (Å²) in [5.41, 5.74) is 1.23. The van der Waals surface area contributed by atoms with Gasteiger partial charge in [0.2, 0.25) is 0 Å². The van der Waals surface area contributed by atoms with Crippen LogP contribution in [-0.2, 0) is 0 Å². The molecule has 13 heavy (non-hydrogen) atoms. The van der Waals surface area contributed by atoms with Gasteiger partial charge in [0.1, 0.15) is 0 Å². The molecule has 72 valence electrons. The van der Waals surface area contributed by atoms with Crippen molar-refractivity contribution in [3.63, 3.8) is 0 Å². The van der Waals surface area contributed by atoms with E-state index in [-0.39, 0.29) is 0 Å². The van der Waals surface area contributed by atoms with Gasteiger partial charge in [-0.25, -0.2) is 0 Å². The Hall–Kier alpha value is -0.980. The van der Waals surface area contributed by atoms with Gasteiger partial charge >= 0.3 is 0 Å². The Labute approximate surface area is 81.2 Å². The van der Waals surface area contributed by atoms with Gasteiger partial charge < -0.3 is 5.32 Å². The van der Waals surface area contributed by atoms with Gasteiger partial charge in [0, 0.05) is 11.7 Å². The predicted octanol–water partition coefficient (Wildman–Crippen LogP) is 3.68. The van der Waals surface area contributed by atoms with Crippen molar-refractivity contribution in [3.05, 3.63) is 30.3 Å². The zero-order valence-electron chi connectivity index (χ0n) is 8.59. The number of hydrogen-bond acceptors (Lipinski definition) is 1. The largest absolute Gasteiger partial charge is 0.383 e. The number of hydrogen-bond donors (Lipinski definition) is 1. The Morgan fingerprint density at radius 3 is 2.54 bits per heavy atom. The first kappa shape index (κ1) is 10.1. The van der Waals surface area contributed by atoms with Crippen molar-refractivity contribution in [1.29, 1.82) is 0 Å². The molecule has 0 aliphatic heterocycles. The van der Waals surface area contributed by atoms with E-state index < -0.39 is 0 Å². The molecule has 0 spiro atoms. The van der Waals surface area contributed by atoms with Crippen LogP contribution in [0.1, 0.15) is 33.1 Å². The minimum atomic E-state index is 0.586. The first-order valence-electron chi connectivity index (χ1n) is 5.14. The quantitative estimate of drug-likeness (QED) is 0.723. The smallest absolute Gasteiger partial charge is 0.0342 e. The Balaban J connectivity index is 2.32. The van der Waals surface area contributed by atoms with Crippen LogP contribution >= 0.6 is 0 Å². The standard InChI is InChI=1S/C12H19N/c1-3-4-8-11(2)13-12-9-6-5-7-10-12/h5-7,9-11,13H,3-4,8H2,1-2H3. The van der Waals surface area contributed by atoms with E-state index in [2.05, 4.69) is 43.4 Å². The second kappa shape index (κ2) is 5.63. The highest BCUT2D eigenvalue weighted by Crippen LogP contribution is 2.10. The maximum Gasteiger partial charge on any atom is 0.0342 e. The predicted molar refractivity (Wildman–Crippen MR) is 59.1 cm³/mol. The molecule has 0 radical (unpaired) electrons. The summed E-state index contributed by atoms with van der Waals surface area (Å²) in [6.45, 7) is 4.47. The first-order valence-corrected chi connectivity index (χ1v) is 5.14. The minimum Gasteiger partial charge on any atom is -0.383 e. The van der Waals surface area contributed by atoms with E-state index in [1.165, 1.54) is 24.9 Å². The Bertz CT molecular complexity index is 218. The van der Waals surface area contributed by atoms with Crippen molar-refractivity contribution < 1.29 is 0 Å². The molecule has 1 unspecified atom stereocenters. The van der Waals surface area contributed by atoms with Crippen LogP contribution in [0.3, 0.4) is 0 Å². The lowest BCUT2D eigenvalue weighted by Crippen LogP contribution is -2.14. The number of benzene rings is 1. The SMILES string of the molecule is CCCCC(C)Nc1ccccc1. The lowest BCUT2D eigenvalue weighted by molar-refractivity contribution is 0.645. The van der Waals surface area contributed by atoms with Crippen molar-refractivity contribution in [2.45, 2.75) is 39.2 Å². The molecule has 1 nitrogen and oxygen atoms in total. The molecule has 1 aromatic rings. The minimum absolute atomic E-state index is 0.586. The maximum atomic E-state index is 3.48. The zero-order valence-corrected chi connectivity index (χ0v) is 8.59. The van der Waals surface area contributed by atoms with E-state index in [0.717, 1.165) is 0 Å². The molecule has 1 heteroatoms. The van der Waals surface area contributed by atoms with Gasteiger partial charge in [-0.1, -0.05) is 38.0 Å². The van der Waals surface area contributed by atoms with Crippen molar-refractivity contribution in [2.24, 2.45) is 0 Å². The van der Waals surface area contributed by atoms with E-state index in [4.69, 9.17) is 0 Å². The van der Waals surface area contributed by atoms with Gasteiger partial charge in [-0.3, -0.25) is 0 Å². The molecule has 1 aromatic carbocycles. The third kappa shape index (κ3) is 3.97. The average Bonchev–Trinajstić information content (AvgIpc) is 2.16. The van der Waals surface area contributed by atoms with Gasteiger partial charge in [-0.15, -0.1) is 0 Å². The summed E-state index contributed by atoms with van der Waals surface area (Å²) >= 11 is 0. The van der Waals surface area contributed by atoms with Crippen LogP contribution in [0.4, 0.5) is 5.69 Å². The van der Waals surface area contributed by atoms with Gasteiger partial charge in [-0.05, 0) is 25.5 Å². The molecular formula is C12H19N. The van der Waals surface area contributed by atoms with Crippen LogP contribution in [0.15, 0.2) is 30.3 Å². The molecule has 1 atom stereocenters. The summed E-state index contributed by atoms with van der Waals surface area (Å²) in [7, 11) is 0. The molecule has 1 rings (SSSR count). The molecule has 0 amide bonds. The van der Waals surface area contributed by atoms with Crippen LogP contribution in [0.25, 0.3) is 0 Å². The highest BCUT2D eigenvalue weighted by molar-refractivity contribution is 5.43. The molecule has 0 aromatic heterocycles. The molecule has 1 N–H and O–H groups in total. The highest BCUT2D eigenvalue weighted by atomic mass is 14.9. The molecule has 0 saturated heterocycles. The van der Waals surface area contributed by atoms with Crippen LogP contribution in [-0.4, -0.2) is 6.04 Å². The van der Waals surface area contributed by atoms with Crippen LogP contribution in [0.2, 0.25) is 0 Å². The molecule has 0 saturated carbocycles. The van der Waals surface area contributed by atoms with Crippen LogP contribution in [0.5, 0.6) is 0 Å². The van der Waals surface area contributed by atoms with Crippen LogP contribution in [0, 0.1) is 0 Å². The maximum absolute atomic E-state index is 3.48. The summed E-state index contributed by atoms with van der Waals surface area (Å²) in [5.74, 6) is 0. The van der Waals surface area contributed by atoms with Gasteiger partial charge in [0.25, 0.3) is 0 Å². The van der Waals surface area contributed by atoms with Gasteiger partial charge in [0.05, 0.1) is 0 Å². The summed E-state index contributed by atoms with van der Waals surface area (Å²) in [5, 5.41) is 3.48. The van der Waals surface area contributed by atoms with E-state index >= 15 is 0 Å². The first-order chi connectivity index (χ1) is 6.33. The number of nitrogens with one attached hydrogen (secondary N) is 1. The summed E-state index contributed by atoms with van der Waals surface area (Å²) in [6.07, 6.45) is 3.84. The average molecular weight is 177 g/mol. The highest BCUT2D eigenvalue weighted by Gasteiger charge is 1.99. The number of unbranched alkanes of at least 4 members (excludes halogenated alkanes) is 1. The lowest BCUT2D eigenvalue weighted by Gasteiger charge is -2.14. The molecule has 0 aliphatic rings. The number of anilines is 1. The van der Waals surface area contributed by atoms with E-state index in [1.54, 1.807) is 0 Å². The van der Waals surface area contributed by atoms with E-state index in [9.17, 15) is 0 Å². The summed E-state index contributed by atoms with van der Waals surface area (Å²) in [4.78, 5) is 0. The number of rotatable bonds is 5. The Kier molecular flexibility index (Phi) is 4.37. The van der Waals surface area contributed by atoms with Crippen molar-refractivity contribution in [1.82, 2.24) is 0 Å². The van der Waals surface area contributed by atoms with Crippen molar-refractivity contribution in [2.75, 3.05) is 5.32 Å². The van der Waals surface area contributed by atoms with Gasteiger partial charge in [-0.2, -0.15) is 0 Å². The number of para-hydroxylation sites is 1. The van der Waals surface area contributed by atoms with Crippen molar-refractivity contribution >= 4 is 5.69 Å². The molecule has 0 aliphatic carbocycles. The summed E-state index contributed by atoms with van der Waals surface area (Å²) < 4.78 is 0. The van der Waals surface area contributed by atoms with Crippen molar-refractivity contribution in [3.8, 4) is 0 Å².